The molecule has 0 aromatic rings. The zero-order chi connectivity index (χ0) is 9.90. The number of Topliss-reactive ketones (excluding diaryl/α,β-unsaturated/α-hetero) is 1. The minimum absolute atomic E-state index is 0.174. The SMILES string of the molecule is CCCCC(=O)[C@@H]1COC(C)(C)O1. The van der Waals surface area contributed by atoms with E-state index in [1.54, 1.807) is 0 Å². The van der Waals surface area contributed by atoms with Crippen LogP contribution in [-0.2, 0) is 14.3 Å². The first-order valence-electron chi connectivity index (χ1n) is 4.89. The van der Waals surface area contributed by atoms with Gasteiger partial charge in [-0.2, -0.15) is 0 Å². The van der Waals surface area contributed by atoms with Crippen molar-refractivity contribution in [1.29, 1.82) is 0 Å². The molecule has 1 fully saturated rings. The molecule has 1 saturated heterocycles. The van der Waals surface area contributed by atoms with Crippen molar-refractivity contribution in [2.75, 3.05) is 6.61 Å². The molecule has 0 bridgehead atoms. The van der Waals surface area contributed by atoms with Gasteiger partial charge in [-0.3, -0.25) is 4.79 Å². The molecule has 76 valence electrons. The van der Waals surface area contributed by atoms with Crippen molar-refractivity contribution in [3.8, 4) is 0 Å². The molecule has 0 aromatic heterocycles. The van der Waals surface area contributed by atoms with E-state index in [1.807, 2.05) is 13.8 Å². The molecule has 0 unspecified atom stereocenters. The second-order valence-corrected chi connectivity index (χ2v) is 3.89. The standard InChI is InChI=1S/C10H18O3/c1-4-5-6-8(11)9-7-12-10(2,3)13-9/h9H,4-7H2,1-3H3/t9-/m0/s1. The number of ether oxygens (including phenoxy) is 2. The highest BCUT2D eigenvalue weighted by Gasteiger charge is 2.36. The first-order valence-corrected chi connectivity index (χ1v) is 4.89. The zero-order valence-corrected chi connectivity index (χ0v) is 8.63. The van der Waals surface area contributed by atoms with Crippen LogP contribution in [0.4, 0.5) is 0 Å². The summed E-state index contributed by atoms with van der Waals surface area (Å²) in [6.45, 7) is 6.15. The highest BCUT2D eigenvalue weighted by Crippen LogP contribution is 2.23. The number of carbonyl (C=O) groups excluding carboxylic acids is 1. The minimum Gasteiger partial charge on any atom is -0.347 e. The van der Waals surface area contributed by atoms with Crippen LogP contribution in [0.3, 0.4) is 0 Å². The van der Waals surface area contributed by atoms with Crippen molar-refractivity contribution in [2.24, 2.45) is 0 Å². The molecule has 0 aliphatic carbocycles. The largest absolute Gasteiger partial charge is 0.347 e. The van der Waals surface area contributed by atoms with E-state index in [0.717, 1.165) is 12.8 Å². The molecular formula is C10H18O3. The third kappa shape index (κ3) is 3.08. The molecule has 0 spiro atoms. The molecule has 1 aliphatic heterocycles. The van der Waals surface area contributed by atoms with Crippen LogP contribution < -0.4 is 0 Å². The third-order valence-corrected chi connectivity index (χ3v) is 2.14. The summed E-state index contributed by atoms with van der Waals surface area (Å²) in [5.41, 5.74) is 0. The van der Waals surface area contributed by atoms with Crippen molar-refractivity contribution < 1.29 is 14.3 Å². The molecule has 0 amide bonds. The summed E-state index contributed by atoms with van der Waals surface area (Å²) in [6.07, 6.45) is 2.27. The number of unbranched alkanes of at least 4 members (excludes halogenated alkanes) is 1. The lowest BCUT2D eigenvalue weighted by Gasteiger charge is -2.16. The maximum Gasteiger partial charge on any atom is 0.164 e. The number of carbonyl (C=O) groups is 1. The van der Waals surface area contributed by atoms with Gasteiger partial charge in [0.15, 0.2) is 11.6 Å². The zero-order valence-electron chi connectivity index (χ0n) is 8.63. The van der Waals surface area contributed by atoms with E-state index < -0.39 is 5.79 Å². The molecular weight excluding hydrogens is 168 g/mol. The fourth-order valence-corrected chi connectivity index (χ4v) is 1.36. The first kappa shape index (κ1) is 10.7. The van der Waals surface area contributed by atoms with E-state index in [4.69, 9.17) is 9.47 Å². The fraction of sp³-hybridized carbons (Fsp3) is 0.900. The summed E-state index contributed by atoms with van der Waals surface area (Å²) in [4.78, 5) is 11.5. The molecule has 3 heteroatoms. The minimum atomic E-state index is -0.577. The summed E-state index contributed by atoms with van der Waals surface area (Å²) < 4.78 is 10.7. The Morgan fingerprint density at radius 1 is 1.54 bits per heavy atom. The Morgan fingerprint density at radius 3 is 2.69 bits per heavy atom. The molecule has 0 radical (unpaired) electrons. The van der Waals surface area contributed by atoms with Crippen molar-refractivity contribution >= 4 is 5.78 Å². The van der Waals surface area contributed by atoms with E-state index >= 15 is 0 Å². The monoisotopic (exact) mass is 186 g/mol. The smallest absolute Gasteiger partial charge is 0.164 e. The lowest BCUT2D eigenvalue weighted by atomic mass is 10.1. The van der Waals surface area contributed by atoms with E-state index in [2.05, 4.69) is 6.92 Å². The normalized spacial score (nSPS) is 26.2. The van der Waals surface area contributed by atoms with Crippen LogP contribution in [0.1, 0.15) is 40.0 Å². The van der Waals surface area contributed by atoms with Crippen LogP contribution >= 0.6 is 0 Å². The topological polar surface area (TPSA) is 35.5 Å². The van der Waals surface area contributed by atoms with Gasteiger partial charge in [0.05, 0.1) is 6.61 Å². The van der Waals surface area contributed by atoms with Crippen LogP contribution in [0.25, 0.3) is 0 Å². The van der Waals surface area contributed by atoms with Gasteiger partial charge in [0.2, 0.25) is 0 Å². The number of ketones is 1. The van der Waals surface area contributed by atoms with Gasteiger partial charge in [0.25, 0.3) is 0 Å². The molecule has 13 heavy (non-hydrogen) atoms. The van der Waals surface area contributed by atoms with Gasteiger partial charge in [-0.25, -0.2) is 0 Å². The Kier molecular flexibility index (Phi) is 3.45. The van der Waals surface area contributed by atoms with Crippen LogP contribution in [0.2, 0.25) is 0 Å². The Morgan fingerprint density at radius 2 is 2.23 bits per heavy atom. The highest BCUT2D eigenvalue weighted by molar-refractivity contribution is 5.83. The Labute approximate surface area is 79.4 Å². The first-order chi connectivity index (χ1) is 6.05. The maximum absolute atomic E-state index is 11.5. The molecule has 0 N–H and O–H groups in total. The summed E-state index contributed by atoms with van der Waals surface area (Å²) >= 11 is 0. The second kappa shape index (κ2) is 4.20. The summed E-state index contributed by atoms with van der Waals surface area (Å²) in [5.74, 6) is -0.403. The van der Waals surface area contributed by atoms with E-state index in [1.165, 1.54) is 0 Å². The Hall–Kier alpha value is -0.410. The quantitative estimate of drug-likeness (QED) is 0.672. The van der Waals surface area contributed by atoms with Gasteiger partial charge >= 0.3 is 0 Å². The van der Waals surface area contributed by atoms with E-state index in [0.29, 0.717) is 13.0 Å². The maximum atomic E-state index is 11.5. The molecule has 0 saturated carbocycles. The van der Waals surface area contributed by atoms with E-state index in [9.17, 15) is 4.79 Å². The molecule has 1 rings (SSSR count). The van der Waals surface area contributed by atoms with Crippen LogP contribution in [-0.4, -0.2) is 24.3 Å². The predicted octanol–water partition coefficient (Wildman–Crippen LogP) is 1.90. The molecule has 1 heterocycles. The molecule has 3 nitrogen and oxygen atoms in total. The number of hydrogen-bond acceptors (Lipinski definition) is 3. The summed E-state index contributed by atoms with van der Waals surface area (Å²) in [7, 11) is 0. The predicted molar refractivity (Wildman–Crippen MR) is 49.4 cm³/mol. The lowest BCUT2D eigenvalue weighted by molar-refractivity contribution is -0.152. The third-order valence-electron chi connectivity index (χ3n) is 2.14. The van der Waals surface area contributed by atoms with Gasteiger partial charge in [-0.15, -0.1) is 0 Å². The van der Waals surface area contributed by atoms with Gasteiger partial charge < -0.3 is 9.47 Å². The molecule has 1 aliphatic rings. The lowest BCUT2D eigenvalue weighted by Crippen LogP contribution is -2.26. The number of hydrogen-bond donors (Lipinski definition) is 0. The van der Waals surface area contributed by atoms with Crippen molar-refractivity contribution in [1.82, 2.24) is 0 Å². The van der Waals surface area contributed by atoms with Crippen molar-refractivity contribution in [3.05, 3.63) is 0 Å². The van der Waals surface area contributed by atoms with Gasteiger partial charge in [-0.1, -0.05) is 13.3 Å². The fourth-order valence-electron chi connectivity index (χ4n) is 1.36. The summed E-state index contributed by atoms with van der Waals surface area (Å²) in [6, 6.07) is 0. The number of rotatable bonds is 4. The highest BCUT2D eigenvalue weighted by atomic mass is 16.7. The molecule has 0 aromatic carbocycles. The van der Waals surface area contributed by atoms with Crippen LogP contribution in [0.5, 0.6) is 0 Å². The Balaban J connectivity index is 2.33. The molecule has 1 atom stereocenters. The van der Waals surface area contributed by atoms with E-state index in [-0.39, 0.29) is 11.9 Å². The average Bonchev–Trinajstić information content (AvgIpc) is 2.42. The Bertz CT molecular complexity index is 187. The second-order valence-electron chi connectivity index (χ2n) is 3.89. The summed E-state index contributed by atoms with van der Waals surface area (Å²) in [5, 5.41) is 0. The van der Waals surface area contributed by atoms with Crippen LogP contribution in [0.15, 0.2) is 0 Å². The van der Waals surface area contributed by atoms with Crippen molar-refractivity contribution in [3.63, 3.8) is 0 Å². The van der Waals surface area contributed by atoms with Crippen LogP contribution in [0, 0.1) is 0 Å². The van der Waals surface area contributed by atoms with Gasteiger partial charge in [0, 0.05) is 6.42 Å². The average molecular weight is 186 g/mol. The van der Waals surface area contributed by atoms with Gasteiger partial charge in [0.1, 0.15) is 6.10 Å². The van der Waals surface area contributed by atoms with Crippen molar-refractivity contribution in [2.45, 2.75) is 51.9 Å². The van der Waals surface area contributed by atoms with Gasteiger partial charge in [-0.05, 0) is 20.3 Å².